The van der Waals surface area contributed by atoms with Crippen molar-refractivity contribution in [1.29, 1.82) is 0 Å². The Labute approximate surface area is 90.6 Å². The summed E-state index contributed by atoms with van der Waals surface area (Å²) < 4.78 is 1.27. The van der Waals surface area contributed by atoms with Crippen molar-refractivity contribution in [2.24, 2.45) is 0 Å². The van der Waals surface area contributed by atoms with Crippen LogP contribution in [0, 0.1) is 0 Å². The molecule has 0 bridgehead atoms. The maximum Gasteiger partial charge on any atom is 0.341 e. The lowest BCUT2D eigenvalue weighted by Gasteiger charge is -2.05. The van der Waals surface area contributed by atoms with Gasteiger partial charge in [0.25, 0.3) is 5.56 Å². The Hall–Kier alpha value is -2.43. The van der Waals surface area contributed by atoms with Crippen LogP contribution >= 0.6 is 0 Å². The summed E-state index contributed by atoms with van der Waals surface area (Å²) in [6, 6.07) is 6.06. The third kappa shape index (κ3) is 1.70. The third-order valence-electron chi connectivity index (χ3n) is 2.12. The molecule has 0 unspecified atom stereocenters. The zero-order valence-electron chi connectivity index (χ0n) is 8.20. The van der Waals surface area contributed by atoms with Gasteiger partial charge < -0.3 is 5.11 Å². The van der Waals surface area contributed by atoms with Gasteiger partial charge in [-0.25, -0.2) is 4.79 Å². The molecule has 0 fully saturated rings. The van der Waals surface area contributed by atoms with Gasteiger partial charge in [-0.15, -0.1) is 0 Å². The maximum atomic E-state index is 11.8. The Morgan fingerprint density at radius 1 is 1.25 bits per heavy atom. The summed E-state index contributed by atoms with van der Waals surface area (Å²) in [4.78, 5) is 26.4. The number of nitrogens with zero attached hydrogens (tertiary/aromatic N) is 2. The quantitative estimate of drug-likeness (QED) is 0.810. The van der Waals surface area contributed by atoms with Crippen LogP contribution in [-0.4, -0.2) is 20.6 Å². The largest absolute Gasteiger partial charge is 0.477 e. The normalized spacial score (nSPS) is 10.0. The first-order chi connectivity index (χ1) is 7.70. The molecule has 0 aromatic carbocycles. The molecule has 0 saturated carbocycles. The molecular formula is C11H8N2O3. The molecule has 16 heavy (non-hydrogen) atoms. The molecule has 0 spiro atoms. The predicted octanol–water partition coefficient (Wildman–Crippen LogP) is 0.931. The smallest absolute Gasteiger partial charge is 0.341 e. The van der Waals surface area contributed by atoms with Crippen molar-refractivity contribution >= 4 is 5.97 Å². The standard InChI is InChI=1S/C11H8N2O3/c14-10-9(11(15)16)2-1-7-13(10)8-3-5-12-6-4-8/h1-7H,(H,15,16). The van der Waals surface area contributed by atoms with E-state index >= 15 is 0 Å². The second kappa shape index (κ2) is 3.98. The first-order valence-electron chi connectivity index (χ1n) is 4.55. The number of aromatic nitrogens is 2. The minimum atomic E-state index is -1.23. The average Bonchev–Trinajstić information content (AvgIpc) is 2.30. The first kappa shape index (κ1) is 10.1. The van der Waals surface area contributed by atoms with E-state index in [1.54, 1.807) is 12.1 Å². The SMILES string of the molecule is O=C(O)c1cccn(-c2ccncc2)c1=O. The van der Waals surface area contributed by atoms with Gasteiger partial charge in [0, 0.05) is 18.6 Å². The molecule has 2 heterocycles. The highest BCUT2D eigenvalue weighted by Gasteiger charge is 2.10. The van der Waals surface area contributed by atoms with E-state index in [1.807, 2.05) is 0 Å². The van der Waals surface area contributed by atoms with Crippen LogP contribution in [-0.2, 0) is 0 Å². The zero-order chi connectivity index (χ0) is 11.5. The number of carboxylic acids is 1. The van der Waals surface area contributed by atoms with E-state index in [9.17, 15) is 9.59 Å². The van der Waals surface area contributed by atoms with Crippen LogP contribution < -0.4 is 5.56 Å². The number of carboxylic acid groups (broad SMARTS) is 1. The topological polar surface area (TPSA) is 72.2 Å². The molecule has 2 rings (SSSR count). The molecule has 1 N–H and O–H groups in total. The average molecular weight is 216 g/mol. The van der Waals surface area contributed by atoms with Crippen molar-refractivity contribution in [2.45, 2.75) is 0 Å². The van der Waals surface area contributed by atoms with Crippen molar-refractivity contribution in [2.75, 3.05) is 0 Å². The van der Waals surface area contributed by atoms with Crippen LogP contribution in [0.5, 0.6) is 0 Å². The van der Waals surface area contributed by atoms with Gasteiger partial charge in [0.1, 0.15) is 5.56 Å². The summed E-state index contributed by atoms with van der Waals surface area (Å²) in [5, 5.41) is 8.81. The Balaban J connectivity index is 2.64. The fourth-order valence-electron chi connectivity index (χ4n) is 1.36. The molecule has 2 aromatic heterocycles. The third-order valence-corrected chi connectivity index (χ3v) is 2.12. The minimum absolute atomic E-state index is 0.251. The molecule has 5 heteroatoms. The fraction of sp³-hybridized carbons (Fsp3) is 0. The summed E-state index contributed by atoms with van der Waals surface area (Å²) in [6.07, 6.45) is 4.59. The van der Waals surface area contributed by atoms with Crippen LogP contribution in [0.2, 0.25) is 0 Å². The molecule has 2 aromatic rings. The van der Waals surface area contributed by atoms with Crippen molar-refractivity contribution in [1.82, 2.24) is 9.55 Å². The van der Waals surface area contributed by atoms with Crippen molar-refractivity contribution in [3.05, 3.63) is 58.8 Å². The predicted molar refractivity (Wildman–Crippen MR) is 56.8 cm³/mol. The maximum absolute atomic E-state index is 11.8. The molecule has 0 aliphatic rings. The summed E-state index contributed by atoms with van der Waals surface area (Å²) in [6.45, 7) is 0. The summed E-state index contributed by atoms with van der Waals surface area (Å²) in [7, 11) is 0. The zero-order valence-corrected chi connectivity index (χ0v) is 8.20. The number of pyridine rings is 2. The fourth-order valence-corrected chi connectivity index (χ4v) is 1.36. The number of rotatable bonds is 2. The van der Waals surface area contributed by atoms with Crippen LogP contribution in [0.25, 0.3) is 5.69 Å². The van der Waals surface area contributed by atoms with Crippen molar-refractivity contribution in [3.8, 4) is 5.69 Å². The second-order valence-corrected chi connectivity index (χ2v) is 3.11. The lowest BCUT2D eigenvalue weighted by molar-refractivity contribution is 0.0694. The van der Waals surface area contributed by atoms with Crippen molar-refractivity contribution < 1.29 is 9.90 Å². The van der Waals surface area contributed by atoms with Gasteiger partial charge in [-0.05, 0) is 24.3 Å². The highest BCUT2D eigenvalue weighted by atomic mass is 16.4. The Kier molecular flexibility index (Phi) is 2.51. The van der Waals surface area contributed by atoms with Gasteiger partial charge >= 0.3 is 5.97 Å². The molecule has 0 aliphatic carbocycles. The summed E-state index contributed by atoms with van der Waals surface area (Å²) in [5.74, 6) is -1.23. The van der Waals surface area contributed by atoms with Gasteiger partial charge in [-0.2, -0.15) is 0 Å². The lowest BCUT2D eigenvalue weighted by atomic mass is 10.2. The molecular weight excluding hydrogens is 208 g/mol. The van der Waals surface area contributed by atoms with Crippen LogP contribution in [0.3, 0.4) is 0 Å². The minimum Gasteiger partial charge on any atom is -0.477 e. The molecule has 0 radical (unpaired) electrons. The van der Waals surface area contributed by atoms with Crippen LogP contribution in [0.1, 0.15) is 10.4 Å². The first-order valence-corrected chi connectivity index (χ1v) is 4.55. The van der Waals surface area contributed by atoms with Gasteiger partial charge in [-0.3, -0.25) is 14.3 Å². The number of carbonyl (C=O) groups is 1. The second-order valence-electron chi connectivity index (χ2n) is 3.11. The van der Waals surface area contributed by atoms with E-state index in [2.05, 4.69) is 4.98 Å². The number of hydrogen-bond acceptors (Lipinski definition) is 3. The van der Waals surface area contributed by atoms with E-state index in [4.69, 9.17) is 5.11 Å². The van der Waals surface area contributed by atoms with Crippen LogP contribution in [0.15, 0.2) is 47.7 Å². The number of aromatic carboxylic acids is 1. The Bertz CT molecular complexity index is 575. The highest BCUT2D eigenvalue weighted by molar-refractivity contribution is 5.87. The molecule has 0 atom stereocenters. The monoisotopic (exact) mass is 216 g/mol. The van der Waals surface area contributed by atoms with E-state index in [1.165, 1.54) is 35.3 Å². The van der Waals surface area contributed by atoms with Crippen molar-refractivity contribution in [3.63, 3.8) is 0 Å². The molecule has 5 nitrogen and oxygen atoms in total. The molecule has 0 saturated heterocycles. The molecule has 0 aliphatic heterocycles. The summed E-state index contributed by atoms with van der Waals surface area (Å²) in [5.41, 5.74) is -0.219. The van der Waals surface area contributed by atoms with Gasteiger partial charge in [0.2, 0.25) is 0 Å². The molecule has 80 valence electrons. The molecule has 0 amide bonds. The lowest BCUT2D eigenvalue weighted by Crippen LogP contribution is -2.24. The van der Waals surface area contributed by atoms with E-state index in [-0.39, 0.29) is 5.56 Å². The summed E-state index contributed by atoms with van der Waals surface area (Å²) >= 11 is 0. The Morgan fingerprint density at radius 3 is 2.56 bits per heavy atom. The van der Waals surface area contributed by atoms with E-state index < -0.39 is 11.5 Å². The van der Waals surface area contributed by atoms with Gasteiger partial charge in [0.15, 0.2) is 0 Å². The Morgan fingerprint density at radius 2 is 1.94 bits per heavy atom. The van der Waals surface area contributed by atoms with E-state index in [0.717, 1.165) is 0 Å². The van der Waals surface area contributed by atoms with Crippen LogP contribution in [0.4, 0.5) is 0 Å². The van der Waals surface area contributed by atoms with Gasteiger partial charge in [-0.1, -0.05) is 0 Å². The van der Waals surface area contributed by atoms with Gasteiger partial charge in [0.05, 0.1) is 5.69 Å². The van der Waals surface area contributed by atoms with E-state index in [0.29, 0.717) is 5.69 Å². The number of hydrogen-bond donors (Lipinski definition) is 1. The highest BCUT2D eigenvalue weighted by Crippen LogP contribution is 2.02.